The Balaban J connectivity index is 1.87. The average molecular weight is 403 g/mol. The smallest absolute Gasteiger partial charge is 0.329 e. The minimum absolute atomic E-state index is 0.178. The molecule has 28 heavy (non-hydrogen) atoms. The first-order chi connectivity index (χ1) is 13.3. The predicted molar refractivity (Wildman–Crippen MR) is 111 cm³/mol. The Morgan fingerprint density at radius 3 is 2.25 bits per heavy atom. The van der Waals surface area contributed by atoms with Crippen molar-refractivity contribution in [2.75, 3.05) is 11.9 Å². The van der Waals surface area contributed by atoms with E-state index in [9.17, 15) is 14.4 Å². The van der Waals surface area contributed by atoms with Crippen LogP contribution in [0.15, 0.2) is 41.8 Å². The number of carbonyl (C=O) groups is 3. The zero-order valence-electron chi connectivity index (χ0n) is 16.5. The number of thiophene rings is 1. The molecule has 0 radical (unpaired) electrons. The SMILES string of the molecule is CC(C)c1ccc(NC(=O)COC(=O)[C@@H](NC(=O)c2cccs2)C(C)C)cc1. The van der Waals surface area contributed by atoms with Crippen LogP contribution in [0.3, 0.4) is 0 Å². The number of esters is 1. The van der Waals surface area contributed by atoms with E-state index in [0.717, 1.165) is 0 Å². The van der Waals surface area contributed by atoms with Crippen molar-refractivity contribution >= 4 is 34.8 Å². The van der Waals surface area contributed by atoms with Crippen LogP contribution in [0.5, 0.6) is 0 Å². The lowest BCUT2D eigenvalue weighted by molar-refractivity contribution is -0.150. The van der Waals surface area contributed by atoms with Crippen LogP contribution in [0.4, 0.5) is 5.69 Å². The summed E-state index contributed by atoms with van der Waals surface area (Å²) in [6, 6.07) is 10.1. The zero-order chi connectivity index (χ0) is 20.7. The van der Waals surface area contributed by atoms with E-state index in [1.54, 1.807) is 31.4 Å². The fourth-order valence-electron chi connectivity index (χ4n) is 2.49. The molecule has 150 valence electrons. The number of hydrogen-bond donors (Lipinski definition) is 2. The van der Waals surface area contributed by atoms with Crippen molar-refractivity contribution < 1.29 is 19.1 Å². The largest absolute Gasteiger partial charge is 0.454 e. The highest BCUT2D eigenvalue weighted by molar-refractivity contribution is 7.12. The van der Waals surface area contributed by atoms with E-state index in [1.807, 2.05) is 24.3 Å². The quantitative estimate of drug-likeness (QED) is 0.658. The third-order valence-electron chi connectivity index (χ3n) is 4.16. The Kier molecular flexibility index (Phi) is 7.75. The van der Waals surface area contributed by atoms with E-state index in [-0.39, 0.29) is 11.8 Å². The highest BCUT2D eigenvalue weighted by Gasteiger charge is 2.27. The minimum Gasteiger partial charge on any atom is -0.454 e. The fourth-order valence-corrected chi connectivity index (χ4v) is 3.12. The van der Waals surface area contributed by atoms with Gasteiger partial charge in [-0.1, -0.05) is 45.9 Å². The molecule has 2 amide bonds. The Morgan fingerprint density at radius 1 is 1.04 bits per heavy atom. The number of ether oxygens (including phenoxy) is 1. The second-order valence-corrected chi connectivity index (χ2v) is 8.05. The van der Waals surface area contributed by atoms with Crippen molar-refractivity contribution in [2.24, 2.45) is 5.92 Å². The molecule has 7 heteroatoms. The summed E-state index contributed by atoms with van der Waals surface area (Å²) in [7, 11) is 0. The lowest BCUT2D eigenvalue weighted by atomic mass is 10.0. The van der Waals surface area contributed by atoms with Gasteiger partial charge >= 0.3 is 5.97 Å². The van der Waals surface area contributed by atoms with Gasteiger partial charge in [-0.2, -0.15) is 0 Å². The summed E-state index contributed by atoms with van der Waals surface area (Å²) < 4.78 is 5.12. The highest BCUT2D eigenvalue weighted by Crippen LogP contribution is 2.17. The number of rotatable bonds is 8. The van der Waals surface area contributed by atoms with E-state index < -0.39 is 24.5 Å². The first-order valence-corrected chi connectivity index (χ1v) is 10.1. The number of carbonyl (C=O) groups excluding carboxylic acids is 3. The molecule has 2 aromatic rings. The van der Waals surface area contributed by atoms with Crippen LogP contribution in [-0.2, 0) is 14.3 Å². The molecule has 0 unspecified atom stereocenters. The summed E-state index contributed by atoms with van der Waals surface area (Å²) in [5.74, 6) is -1.17. The summed E-state index contributed by atoms with van der Waals surface area (Å²) in [5, 5.41) is 7.15. The predicted octanol–water partition coefficient (Wildman–Crippen LogP) is 3.81. The molecule has 1 heterocycles. The van der Waals surface area contributed by atoms with Crippen molar-refractivity contribution in [2.45, 2.75) is 39.7 Å². The van der Waals surface area contributed by atoms with Crippen LogP contribution in [0.2, 0.25) is 0 Å². The van der Waals surface area contributed by atoms with Crippen molar-refractivity contribution in [3.8, 4) is 0 Å². The van der Waals surface area contributed by atoms with Crippen LogP contribution >= 0.6 is 11.3 Å². The van der Waals surface area contributed by atoms with E-state index in [1.165, 1.54) is 16.9 Å². The van der Waals surface area contributed by atoms with Gasteiger partial charge in [0, 0.05) is 5.69 Å². The molecular weight excluding hydrogens is 376 g/mol. The van der Waals surface area contributed by atoms with Gasteiger partial charge in [-0.3, -0.25) is 9.59 Å². The molecular formula is C21H26N2O4S. The maximum atomic E-state index is 12.4. The normalized spacial score (nSPS) is 11.9. The highest BCUT2D eigenvalue weighted by atomic mass is 32.1. The molecule has 0 fully saturated rings. The Hall–Kier alpha value is -2.67. The zero-order valence-corrected chi connectivity index (χ0v) is 17.3. The molecule has 0 saturated carbocycles. The van der Waals surface area contributed by atoms with Gasteiger partial charge in [-0.05, 0) is 41.0 Å². The molecule has 0 aliphatic carbocycles. The van der Waals surface area contributed by atoms with Gasteiger partial charge in [0.05, 0.1) is 4.88 Å². The second-order valence-electron chi connectivity index (χ2n) is 7.11. The molecule has 1 atom stereocenters. The van der Waals surface area contributed by atoms with Crippen LogP contribution < -0.4 is 10.6 Å². The van der Waals surface area contributed by atoms with Crippen molar-refractivity contribution in [1.82, 2.24) is 5.32 Å². The van der Waals surface area contributed by atoms with E-state index >= 15 is 0 Å². The lowest BCUT2D eigenvalue weighted by Crippen LogP contribution is -2.45. The van der Waals surface area contributed by atoms with Crippen LogP contribution in [0.25, 0.3) is 0 Å². The standard InChI is InChI=1S/C21H26N2O4S/c1-13(2)15-7-9-16(10-8-15)22-18(24)12-27-21(26)19(14(3)4)23-20(25)17-6-5-11-28-17/h5-11,13-14,19H,12H2,1-4H3,(H,22,24)(H,23,25)/t19-/m0/s1. The molecule has 2 rings (SSSR count). The Morgan fingerprint density at radius 2 is 1.71 bits per heavy atom. The number of nitrogens with one attached hydrogen (secondary N) is 2. The maximum Gasteiger partial charge on any atom is 0.329 e. The fraction of sp³-hybridized carbons (Fsp3) is 0.381. The molecule has 2 N–H and O–H groups in total. The lowest BCUT2D eigenvalue weighted by Gasteiger charge is -2.20. The number of benzene rings is 1. The molecule has 1 aromatic carbocycles. The van der Waals surface area contributed by atoms with Gasteiger partial charge in [0.1, 0.15) is 6.04 Å². The molecule has 0 aliphatic heterocycles. The van der Waals surface area contributed by atoms with Gasteiger partial charge in [-0.25, -0.2) is 4.79 Å². The molecule has 1 aromatic heterocycles. The third-order valence-corrected chi connectivity index (χ3v) is 5.03. The van der Waals surface area contributed by atoms with Gasteiger partial charge in [0.25, 0.3) is 11.8 Å². The van der Waals surface area contributed by atoms with E-state index in [2.05, 4.69) is 24.5 Å². The molecule has 6 nitrogen and oxygen atoms in total. The summed E-state index contributed by atoms with van der Waals surface area (Å²) in [4.78, 5) is 37.1. The average Bonchev–Trinajstić information content (AvgIpc) is 3.19. The van der Waals surface area contributed by atoms with Crippen molar-refractivity contribution in [3.63, 3.8) is 0 Å². The van der Waals surface area contributed by atoms with Crippen molar-refractivity contribution in [3.05, 3.63) is 52.2 Å². The molecule has 0 saturated heterocycles. The van der Waals surface area contributed by atoms with Gasteiger partial charge in [-0.15, -0.1) is 11.3 Å². The summed E-state index contributed by atoms with van der Waals surface area (Å²) in [5.41, 5.74) is 1.81. The third kappa shape index (κ3) is 6.20. The summed E-state index contributed by atoms with van der Waals surface area (Å²) >= 11 is 1.29. The Bertz CT molecular complexity index is 798. The van der Waals surface area contributed by atoms with E-state index in [0.29, 0.717) is 16.5 Å². The first-order valence-electron chi connectivity index (χ1n) is 9.18. The van der Waals surface area contributed by atoms with Gasteiger partial charge in [0.2, 0.25) is 0 Å². The number of anilines is 1. The second kappa shape index (κ2) is 10.0. The number of hydrogen-bond acceptors (Lipinski definition) is 5. The molecule has 0 spiro atoms. The van der Waals surface area contributed by atoms with Crippen LogP contribution in [-0.4, -0.2) is 30.4 Å². The topological polar surface area (TPSA) is 84.5 Å². The van der Waals surface area contributed by atoms with Gasteiger partial charge < -0.3 is 15.4 Å². The summed E-state index contributed by atoms with van der Waals surface area (Å²) in [6.45, 7) is 7.38. The Labute approximate surface area is 169 Å². The first kappa shape index (κ1) is 21.6. The van der Waals surface area contributed by atoms with Crippen molar-refractivity contribution in [1.29, 1.82) is 0 Å². The van der Waals surface area contributed by atoms with Crippen LogP contribution in [0.1, 0.15) is 48.8 Å². The summed E-state index contributed by atoms with van der Waals surface area (Å²) in [6.07, 6.45) is 0. The monoisotopic (exact) mass is 402 g/mol. The van der Waals surface area contributed by atoms with Gasteiger partial charge in [0.15, 0.2) is 6.61 Å². The van der Waals surface area contributed by atoms with Crippen LogP contribution in [0, 0.1) is 5.92 Å². The minimum atomic E-state index is -0.826. The maximum absolute atomic E-state index is 12.4. The molecule has 0 aliphatic rings. The van der Waals surface area contributed by atoms with E-state index in [4.69, 9.17) is 4.74 Å². The number of amides is 2. The molecule has 0 bridgehead atoms.